The minimum Gasteiger partial charge on any atom is -0.458 e. The molecule has 12 unspecified atom stereocenters. The summed E-state index contributed by atoms with van der Waals surface area (Å²) >= 11 is 0. The van der Waals surface area contributed by atoms with Gasteiger partial charge in [-0.3, -0.25) is 0 Å². The Labute approximate surface area is 296 Å². The van der Waals surface area contributed by atoms with E-state index in [-0.39, 0.29) is 41.9 Å². The average molecular weight is 685 g/mol. The molecule has 0 amide bonds. The zero-order valence-electron chi connectivity index (χ0n) is 31.3. The molecule has 12 atom stereocenters. The fourth-order valence-corrected chi connectivity index (χ4v) is 6.31. The van der Waals surface area contributed by atoms with Crippen LogP contribution >= 0.6 is 0 Å². The third-order valence-electron chi connectivity index (χ3n) is 9.49. The third kappa shape index (κ3) is 16.9. The highest BCUT2D eigenvalue weighted by atomic mass is 16.7. The topological polar surface area (TPSA) is 123 Å². The molecule has 0 aromatic heterocycles. The number of allylic oxidation sites excluding steroid dienone is 4. The minimum absolute atomic E-state index is 0.0266. The van der Waals surface area contributed by atoms with Crippen molar-refractivity contribution < 1.29 is 39.1 Å². The van der Waals surface area contributed by atoms with Gasteiger partial charge in [-0.1, -0.05) is 96.7 Å². The Morgan fingerprint density at radius 2 is 1.73 bits per heavy atom. The van der Waals surface area contributed by atoms with Crippen LogP contribution in [0.3, 0.4) is 0 Å². The second-order valence-electron chi connectivity index (χ2n) is 14.9. The maximum Gasteiger partial charge on any atom is 0.508 e. The molecule has 0 aliphatic carbocycles. The summed E-state index contributed by atoms with van der Waals surface area (Å²) in [5.41, 5.74) is -0.463. The van der Waals surface area contributed by atoms with Crippen molar-refractivity contribution in [2.45, 2.75) is 131 Å². The number of carbonyl (C=O) groups is 2. The van der Waals surface area contributed by atoms with Gasteiger partial charge in [-0.25, -0.2) is 9.59 Å². The largest absolute Gasteiger partial charge is 0.508 e. The van der Waals surface area contributed by atoms with Gasteiger partial charge in [0.25, 0.3) is 0 Å². The summed E-state index contributed by atoms with van der Waals surface area (Å²) in [6.07, 6.45) is 18.3. The van der Waals surface area contributed by atoms with Crippen molar-refractivity contribution in [3.05, 3.63) is 61.3 Å². The van der Waals surface area contributed by atoms with Crippen LogP contribution in [-0.2, 0) is 19.0 Å². The van der Waals surface area contributed by atoms with E-state index in [1.807, 2.05) is 54.5 Å². The molecule has 49 heavy (non-hydrogen) atoms. The van der Waals surface area contributed by atoms with Crippen molar-refractivity contribution in [1.82, 2.24) is 0 Å². The first-order chi connectivity index (χ1) is 22.9. The van der Waals surface area contributed by atoms with Gasteiger partial charge in [0.05, 0.1) is 18.3 Å². The van der Waals surface area contributed by atoms with Crippen molar-refractivity contribution in [1.29, 1.82) is 0 Å². The molecule has 0 saturated heterocycles. The molecule has 0 spiro atoms. The van der Waals surface area contributed by atoms with Crippen LogP contribution in [0.15, 0.2) is 61.3 Å². The molecule has 8 nitrogen and oxygen atoms in total. The van der Waals surface area contributed by atoms with Crippen molar-refractivity contribution in [3.63, 3.8) is 0 Å². The smallest absolute Gasteiger partial charge is 0.458 e. The first-order valence-electron chi connectivity index (χ1n) is 17.8. The zero-order valence-corrected chi connectivity index (χ0v) is 31.3. The molecule has 0 radical (unpaired) electrons. The van der Waals surface area contributed by atoms with Crippen molar-refractivity contribution in [3.8, 4) is 12.3 Å². The maximum atomic E-state index is 12.9. The predicted molar refractivity (Wildman–Crippen MR) is 196 cm³/mol. The van der Waals surface area contributed by atoms with Crippen LogP contribution in [-0.4, -0.2) is 64.1 Å². The van der Waals surface area contributed by atoms with Crippen LogP contribution < -0.4 is 0 Å². The summed E-state index contributed by atoms with van der Waals surface area (Å²) in [4.78, 5) is 25.8. The van der Waals surface area contributed by atoms with Gasteiger partial charge in [0.2, 0.25) is 0 Å². The summed E-state index contributed by atoms with van der Waals surface area (Å²) < 4.78 is 17.1. The fraction of sp³-hybridized carbons (Fsp3) is 0.659. The van der Waals surface area contributed by atoms with E-state index in [4.69, 9.17) is 20.6 Å². The fourth-order valence-electron chi connectivity index (χ4n) is 6.31. The van der Waals surface area contributed by atoms with Crippen LogP contribution in [0, 0.1) is 53.3 Å². The van der Waals surface area contributed by atoms with Gasteiger partial charge in [0.15, 0.2) is 0 Å². The SMILES string of the molecule is C#CC(C)(C)CC(C)OC(=O)OC1CC(O)C=CC(C)C(O)C(C)CC(C)CCC(O)C(C)C(C(C)C=CC=C)OC(=O)C=CC=CC1C. The third-order valence-corrected chi connectivity index (χ3v) is 9.49. The second-order valence-corrected chi connectivity index (χ2v) is 14.9. The zero-order chi connectivity index (χ0) is 37.3. The summed E-state index contributed by atoms with van der Waals surface area (Å²) in [5, 5.41) is 33.2. The molecular weight excluding hydrogens is 620 g/mol. The highest BCUT2D eigenvalue weighted by Crippen LogP contribution is 2.29. The monoisotopic (exact) mass is 684 g/mol. The Balaban J connectivity index is 3.36. The number of carbonyl (C=O) groups excluding carboxylic acids is 2. The Morgan fingerprint density at radius 3 is 2.37 bits per heavy atom. The summed E-state index contributed by atoms with van der Waals surface area (Å²) in [7, 11) is 0. The number of hydrogen-bond donors (Lipinski definition) is 3. The standard InChI is InChI=1S/C41H64O8/c1-12-14-17-30(6)39-33(9)35(43)23-20-27(3)24-31(7)38(45)29(5)21-22-34(42)25-36(28(4)18-15-16-19-37(44)49-39)48-40(46)47-32(8)26-41(10,11)13-2/h2,12,14-19,21-22,27-36,38-39,42-43,45H,1,20,23-26H2,3-11H3. The van der Waals surface area contributed by atoms with E-state index in [0.29, 0.717) is 12.8 Å². The van der Waals surface area contributed by atoms with E-state index < -0.39 is 54.2 Å². The van der Waals surface area contributed by atoms with Gasteiger partial charge in [0.1, 0.15) is 18.3 Å². The number of hydrogen-bond acceptors (Lipinski definition) is 8. The molecule has 0 bridgehead atoms. The molecular formula is C41H64O8. The van der Waals surface area contributed by atoms with Gasteiger partial charge >= 0.3 is 12.1 Å². The van der Waals surface area contributed by atoms with Gasteiger partial charge in [-0.05, 0) is 51.9 Å². The predicted octanol–water partition coefficient (Wildman–Crippen LogP) is 7.74. The molecule has 0 saturated carbocycles. The lowest BCUT2D eigenvalue weighted by Crippen LogP contribution is -2.37. The Bertz CT molecular complexity index is 1180. The van der Waals surface area contributed by atoms with Crippen LogP contribution in [0.2, 0.25) is 0 Å². The Morgan fingerprint density at radius 1 is 1.06 bits per heavy atom. The average Bonchev–Trinajstić information content (AvgIpc) is 3.03. The van der Waals surface area contributed by atoms with Gasteiger partial charge in [-0.15, -0.1) is 12.3 Å². The highest BCUT2D eigenvalue weighted by molar-refractivity contribution is 5.82. The molecule has 1 rings (SSSR count). The normalized spacial score (nSPS) is 32.9. The molecule has 0 fully saturated rings. The van der Waals surface area contributed by atoms with Crippen LogP contribution in [0.4, 0.5) is 4.79 Å². The summed E-state index contributed by atoms with van der Waals surface area (Å²) in [6.45, 7) is 20.9. The molecule has 0 aromatic rings. The van der Waals surface area contributed by atoms with Crippen molar-refractivity contribution >= 4 is 12.1 Å². The Kier molecular flexibility index (Phi) is 19.6. The molecule has 1 heterocycles. The lowest BCUT2D eigenvalue weighted by Gasteiger charge is -2.31. The van der Waals surface area contributed by atoms with E-state index in [1.54, 1.807) is 49.5 Å². The van der Waals surface area contributed by atoms with E-state index in [9.17, 15) is 24.9 Å². The van der Waals surface area contributed by atoms with Gasteiger partial charge < -0.3 is 29.5 Å². The minimum atomic E-state index is -0.962. The van der Waals surface area contributed by atoms with Crippen molar-refractivity contribution in [2.75, 3.05) is 0 Å². The number of terminal acetylenes is 1. The van der Waals surface area contributed by atoms with E-state index >= 15 is 0 Å². The summed E-state index contributed by atoms with van der Waals surface area (Å²) in [6, 6.07) is 0. The number of aliphatic hydroxyl groups is 3. The van der Waals surface area contributed by atoms with Gasteiger partial charge in [-0.2, -0.15) is 0 Å². The summed E-state index contributed by atoms with van der Waals surface area (Å²) in [5.74, 6) is 1.25. The molecule has 0 aromatic carbocycles. The van der Waals surface area contributed by atoms with Crippen LogP contribution in [0.1, 0.15) is 94.4 Å². The molecule has 8 heteroatoms. The molecule has 3 N–H and O–H groups in total. The second kappa shape index (κ2) is 21.9. The molecule has 1 aliphatic heterocycles. The Hall–Kier alpha value is -3.12. The van der Waals surface area contributed by atoms with Gasteiger partial charge in [0, 0.05) is 48.0 Å². The number of ether oxygens (including phenoxy) is 3. The highest BCUT2D eigenvalue weighted by Gasteiger charge is 2.32. The maximum absolute atomic E-state index is 12.9. The van der Waals surface area contributed by atoms with Crippen LogP contribution in [0.25, 0.3) is 0 Å². The number of cyclic esters (lactones) is 1. The lowest BCUT2D eigenvalue weighted by molar-refractivity contribution is -0.150. The molecule has 276 valence electrons. The van der Waals surface area contributed by atoms with E-state index in [2.05, 4.69) is 19.4 Å². The number of rotatable bonds is 7. The molecule has 1 aliphatic rings. The lowest BCUT2D eigenvalue weighted by atomic mass is 9.82. The first-order valence-corrected chi connectivity index (χ1v) is 17.8. The quantitative estimate of drug-likeness (QED) is 0.108. The van der Waals surface area contributed by atoms with E-state index in [0.717, 1.165) is 12.8 Å². The number of esters is 1. The first kappa shape index (κ1) is 43.9. The number of aliphatic hydroxyl groups excluding tert-OH is 3. The van der Waals surface area contributed by atoms with Crippen LogP contribution in [0.5, 0.6) is 0 Å². The van der Waals surface area contributed by atoms with E-state index in [1.165, 1.54) is 6.08 Å². The van der Waals surface area contributed by atoms with Crippen molar-refractivity contribution in [2.24, 2.45) is 40.9 Å².